The number of benzene rings is 1. The number of nitrogen functional groups attached to an aromatic ring is 1. The van der Waals surface area contributed by atoms with Crippen molar-refractivity contribution in [3.05, 3.63) is 23.8 Å². The zero-order valence-corrected chi connectivity index (χ0v) is 10.2. The molecule has 1 aromatic carbocycles. The number of carbonyl (C=O) groups is 1. The Morgan fingerprint density at radius 2 is 2.35 bits per heavy atom. The first-order valence-corrected chi connectivity index (χ1v) is 5.90. The number of methoxy groups -OCH3 is 1. The molecular weight excluding hydrogens is 216 g/mol. The molecule has 1 aliphatic carbocycles. The van der Waals surface area contributed by atoms with Gasteiger partial charge in [-0.1, -0.05) is 19.4 Å². The summed E-state index contributed by atoms with van der Waals surface area (Å²) in [6.45, 7) is 2.14. The largest absolute Gasteiger partial charge is 0.494 e. The summed E-state index contributed by atoms with van der Waals surface area (Å²) in [5, 5.41) is 3.00. The minimum absolute atomic E-state index is 0.102. The number of nitrogens with two attached hydrogens (primary N) is 1. The van der Waals surface area contributed by atoms with Gasteiger partial charge in [0.25, 0.3) is 5.91 Å². The van der Waals surface area contributed by atoms with E-state index < -0.39 is 0 Å². The Balaban J connectivity index is 2.11. The molecule has 4 heteroatoms. The maximum Gasteiger partial charge on any atom is 0.255 e. The highest BCUT2D eigenvalue weighted by atomic mass is 16.5. The van der Waals surface area contributed by atoms with Crippen LogP contribution < -0.4 is 15.8 Å². The maximum atomic E-state index is 12.0. The number of hydrogen-bond acceptors (Lipinski definition) is 3. The molecular formula is C13H18N2O2. The van der Waals surface area contributed by atoms with Gasteiger partial charge in [-0.3, -0.25) is 4.79 Å². The number of hydrogen-bond donors (Lipinski definition) is 2. The van der Waals surface area contributed by atoms with Crippen LogP contribution in [0, 0.1) is 5.92 Å². The Morgan fingerprint density at radius 1 is 1.59 bits per heavy atom. The van der Waals surface area contributed by atoms with Crippen molar-refractivity contribution in [2.24, 2.45) is 5.92 Å². The van der Waals surface area contributed by atoms with Crippen molar-refractivity contribution in [3.8, 4) is 5.75 Å². The average Bonchev–Trinajstić information content (AvgIpc) is 3.07. The fourth-order valence-corrected chi connectivity index (χ4v) is 2.08. The van der Waals surface area contributed by atoms with Crippen LogP contribution in [-0.4, -0.2) is 19.1 Å². The first kappa shape index (κ1) is 11.8. The Morgan fingerprint density at radius 3 is 2.94 bits per heavy atom. The first-order valence-electron chi connectivity index (χ1n) is 5.90. The Hall–Kier alpha value is -1.71. The second-order valence-electron chi connectivity index (χ2n) is 4.41. The lowest BCUT2D eigenvalue weighted by atomic mass is 10.1. The van der Waals surface area contributed by atoms with Gasteiger partial charge in [0.1, 0.15) is 0 Å². The molecule has 3 N–H and O–H groups in total. The molecule has 0 spiro atoms. The minimum atomic E-state index is -0.102. The van der Waals surface area contributed by atoms with Crippen LogP contribution in [-0.2, 0) is 0 Å². The predicted molar refractivity (Wildman–Crippen MR) is 67.1 cm³/mol. The summed E-state index contributed by atoms with van der Waals surface area (Å²) >= 11 is 0. The molecule has 0 saturated heterocycles. The highest BCUT2D eigenvalue weighted by Crippen LogP contribution is 2.34. The molecule has 0 aliphatic heterocycles. The smallest absolute Gasteiger partial charge is 0.255 e. The number of carbonyl (C=O) groups excluding carboxylic acids is 1. The highest BCUT2D eigenvalue weighted by Gasteiger charge is 2.36. The van der Waals surface area contributed by atoms with Crippen LogP contribution in [0.1, 0.15) is 30.1 Å². The molecule has 92 valence electrons. The number of rotatable bonds is 4. The van der Waals surface area contributed by atoms with Gasteiger partial charge in [-0.2, -0.15) is 0 Å². The fourth-order valence-electron chi connectivity index (χ4n) is 2.08. The van der Waals surface area contributed by atoms with Gasteiger partial charge >= 0.3 is 0 Å². The van der Waals surface area contributed by atoms with E-state index in [1.807, 2.05) is 0 Å². The number of anilines is 1. The van der Waals surface area contributed by atoms with E-state index in [0.717, 1.165) is 12.8 Å². The molecule has 1 aromatic rings. The highest BCUT2D eigenvalue weighted by molar-refractivity contribution is 5.99. The molecule has 0 radical (unpaired) electrons. The van der Waals surface area contributed by atoms with Crippen LogP contribution in [0.15, 0.2) is 18.2 Å². The molecule has 2 atom stereocenters. The van der Waals surface area contributed by atoms with Crippen molar-refractivity contribution < 1.29 is 9.53 Å². The summed E-state index contributed by atoms with van der Waals surface area (Å²) in [5.74, 6) is 0.986. The van der Waals surface area contributed by atoms with Crippen LogP contribution in [0.5, 0.6) is 5.75 Å². The first-order chi connectivity index (χ1) is 8.17. The van der Waals surface area contributed by atoms with Crippen molar-refractivity contribution in [1.82, 2.24) is 5.32 Å². The van der Waals surface area contributed by atoms with Crippen molar-refractivity contribution in [2.45, 2.75) is 25.8 Å². The third-order valence-electron chi connectivity index (χ3n) is 3.26. The predicted octanol–water partition coefficient (Wildman–Crippen LogP) is 1.81. The number of nitrogens with one attached hydrogen (secondary N) is 1. The molecule has 1 fully saturated rings. The van der Waals surface area contributed by atoms with E-state index in [-0.39, 0.29) is 5.91 Å². The Kier molecular flexibility index (Phi) is 3.22. The van der Waals surface area contributed by atoms with Gasteiger partial charge in [0, 0.05) is 6.04 Å². The van der Waals surface area contributed by atoms with Crippen molar-refractivity contribution >= 4 is 11.6 Å². The van der Waals surface area contributed by atoms with Gasteiger partial charge in [0.2, 0.25) is 0 Å². The van der Waals surface area contributed by atoms with E-state index in [2.05, 4.69) is 12.2 Å². The van der Waals surface area contributed by atoms with E-state index in [4.69, 9.17) is 10.5 Å². The van der Waals surface area contributed by atoms with E-state index in [1.165, 1.54) is 7.11 Å². The monoisotopic (exact) mass is 234 g/mol. The standard InChI is InChI=1S/C13H18N2O2/c1-3-8-7-11(8)15-13(16)9-5-4-6-10(14)12(9)17-2/h4-6,8,11H,3,7,14H2,1-2H3,(H,15,16). The molecule has 1 aliphatic rings. The topological polar surface area (TPSA) is 64.4 Å². The maximum absolute atomic E-state index is 12.0. The summed E-state index contributed by atoms with van der Waals surface area (Å²) in [6, 6.07) is 5.53. The van der Waals surface area contributed by atoms with E-state index in [0.29, 0.717) is 29.0 Å². The van der Waals surface area contributed by atoms with Crippen molar-refractivity contribution in [2.75, 3.05) is 12.8 Å². The number of amides is 1. The summed E-state index contributed by atoms with van der Waals surface area (Å²) < 4.78 is 5.17. The summed E-state index contributed by atoms with van der Waals surface area (Å²) in [6.07, 6.45) is 2.19. The van der Waals surface area contributed by atoms with E-state index in [9.17, 15) is 4.79 Å². The van der Waals surface area contributed by atoms with Gasteiger partial charge < -0.3 is 15.8 Å². The molecule has 0 heterocycles. The summed E-state index contributed by atoms with van der Waals surface area (Å²) in [4.78, 5) is 12.0. The van der Waals surface area contributed by atoms with Gasteiger partial charge in [0.05, 0.1) is 18.4 Å². The lowest BCUT2D eigenvalue weighted by Crippen LogP contribution is -2.27. The van der Waals surface area contributed by atoms with E-state index in [1.54, 1.807) is 18.2 Å². The lowest BCUT2D eigenvalue weighted by molar-refractivity contribution is 0.0946. The summed E-state index contributed by atoms with van der Waals surface area (Å²) in [7, 11) is 1.52. The molecule has 2 unspecified atom stereocenters. The average molecular weight is 234 g/mol. The minimum Gasteiger partial charge on any atom is -0.494 e. The number of para-hydroxylation sites is 1. The van der Waals surface area contributed by atoms with Gasteiger partial charge in [-0.05, 0) is 24.5 Å². The lowest BCUT2D eigenvalue weighted by Gasteiger charge is -2.11. The Bertz CT molecular complexity index is 431. The third-order valence-corrected chi connectivity index (χ3v) is 3.26. The molecule has 17 heavy (non-hydrogen) atoms. The van der Waals surface area contributed by atoms with Crippen molar-refractivity contribution in [1.29, 1.82) is 0 Å². The fraction of sp³-hybridized carbons (Fsp3) is 0.462. The molecule has 0 aromatic heterocycles. The second kappa shape index (κ2) is 4.65. The summed E-state index contributed by atoms with van der Waals surface area (Å²) in [5.41, 5.74) is 6.76. The van der Waals surface area contributed by atoms with Crippen LogP contribution in [0.2, 0.25) is 0 Å². The molecule has 1 amide bonds. The van der Waals surface area contributed by atoms with Crippen LogP contribution >= 0.6 is 0 Å². The zero-order chi connectivity index (χ0) is 12.4. The third kappa shape index (κ3) is 2.35. The van der Waals surface area contributed by atoms with Crippen molar-refractivity contribution in [3.63, 3.8) is 0 Å². The second-order valence-corrected chi connectivity index (χ2v) is 4.41. The van der Waals surface area contributed by atoms with Crippen LogP contribution in [0.4, 0.5) is 5.69 Å². The molecule has 0 bridgehead atoms. The van der Waals surface area contributed by atoms with Crippen LogP contribution in [0.3, 0.4) is 0 Å². The zero-order valence-electron chi connectivity index (χ0n) is 10.2. The van der Waals surface area contributed by atoms with Gasteiger partial charge in [-0.25, -0.2) is 0 Å². The van der Waals surface area contributed by atoms with E-state index >= 15 is 0 Å². The van der Waals surface area contributed by atoms with Crippen LogP contribution in [0.25, 0.3) is 0 Å². The molecule has 2 rings (SSSR count). The SMILES string of the molecule is CCC1CC1NC(=O)c1cccc(N)c1OC. The Labute approximate surface area is 101 Å². The molecule has 4 nitrogen and oxygen atoms in total. The number of ether oxygens (including phenoxy) is 1. The van der Waals surface area contributed by atoms with Gasteiger partial charge in [0.15, 0.2) is 5.75 Å². The van der Waals surface area contributed by atoms with Gasteiger partial charge in [-0.15, -0.1) is 0 Å². The quantitative estimate of drug-likeness (QED) is 0.781. The normalized spacial score (nSPS) is 22.0. The molecule has 1 saturated carbocycles.